The second-order valence-electron chi connectivity index (χ2n) is 10.5. The monoisotopic (exact) mass is 477 g/mol. The van der Waals surface area contributed by atoms with Crippen LogP contribution in [0, 0.1) is 23.2 Å². The fourth-order valence-electron chi connectivity index (χ4n) is 7.14. The van der Waals surface area contributed by atoms with Crippen LogP contribution in [0.3, 0.4) is 0 Å². The molecule has 32 heavy (non-hydrogen) atoms. The van der Waals surface area contributed by atoms with Crippen molar-refractivity contribution in [2.75, 3.05) is 13.1 Å². The first kappa shape index (κ1) is 22.3. The predicted molar refractivity (Wildman–Crippen MR) is 127 cm³/mol. The van der Waals surface area contributed by atoms with Gasteiger partial charge in [0, 0.05) is 29.7 Å². The average molecular weight is 478 g/mol. The molecule has 0 spiro atoms. The lowest BCUT2D eigenvalue weighted by atomic mass is 9.73. The number of amides is 3. The molecule has 1 aliphatic heterocycles. The predicted octanol–water partition coefficient (Wildman–Crippen LogP) is 5.39. The highest BCUT2D eigenvalue weighted by atomic mass is 35.5. The number of likely N-dealkylation sites (tertiary alicyclic amines) is 1. The molecule has 1 aromatic carbocycles. The zero-order valence-electron chi connectivity index (χ0n) is 18.5. The van der Waals surface area contributed by atoms with Gasteiger partial charge in [-0.05, 0) is 80.4 Å². The van der Waals surface area contributed by atoms with Crippen molar-refractivity contribution in [1.82, 2.24) is 15.5 Å². The molecule has 4 fully saturated rings. The van der Waals surface area contributed by atoms with Gasteiger partial charge in [-0.25, -0.2) is 4.79 Å². The Hall–Kier alpha value is -1.46. The van der Waals surface area contributed by atoms with Crippen LogP contribution in [-0.4, -0.2) is 36.0 Å². The second kappa shape index (κ2) is 9.06. The molecule has 3 amide bonds. The Balaban J connectivity index is 1.17. The first-order valence-electron chi connectivity index (χ1n) is 12.2. The third kappa shape index (κ3) is 4.23. The third-order valence-corrected chi connectivity index (χ3v) is 9.19. The van der Waals surface area contributed by atoms with Crippen LogP contribution in [-0.2, 0) is 11.3 Å². The molecule has 5 atom stereocenters. The Morgan fingerprint density at radius 1 is 1.06 bits per heavy atom. The normalized spacial score (nSPS) is 33.2. The Morgan fingerprint density at radius 2 is 1.91 bits per heavy atom. The highest BCUT2D eigenvalue weighted by Gasteiger charge is 2.56. The van der Waals surface area contributed by atoms with Crippen molar-refractivity contribution in [2.24, 2.45) is 23.2 Å². The summed E-state index contributed by atoms with van der Waals surface area (Å²) >= 11 is 12.2. The van der Waals surface area contributed by atoms with Gasteiger partial charge < -0.3 is 15.5 Å². The van der Waals surface area contributed by atoms with Gasteiger partial charge in [-0.2, -0.15) is 0 Å². The maximum atomic E-state index is 13.5. The van der Waals surface area contributed by atoms with Crippen LogP contribution in [0.15, 0.2) is 18.2 Å². The Bertz CT molecular complexity index is 894. The van der Waals surface area contributed by atoms with Gasteiger partial charge >= 0.3 is 6.03 Å². The number of hydrogen-bond donors (Lipinski definition) is 2. The number of rotatable bonds is 5. The van der Waals surface area contributed by atoms with Crippen LogP contribution in [0.4, 0.5) is 4.79 Å². The van der Waals surface area contributed by atoms with E-state index in [1.165, 1.54) is 32.1 Å². The molecular weight excluding hydrogens is 445 g/mol. The molecule has 3 bridgehead atoms. The molecular formula is C25H33Cl2N3O2. The highest BCUT2D eigenvalue weighted by molar-refractivity contribution is 6.35. The van der Waals surface area contributed by atoms with E-state index in [4.69, 9.17) is 23.2 Å². The van der Waals surface area contributed by atoms with Crippen LogP contribution >= 0.6 is 23.2 Å². The van der Waals surface area contributed by atoms with Gasteiger partial charge in [0.25, 0.3) is 0 Å². The minimum absolute atomic E-state index is 0.0512. The fraction of sp³-hybridized carbons (Fsp3) is 0.680. The number of benzene rings is 1. The lowest BCUT2D eigenvalue weighted by Crippen LogP contribution is -2.50. The molecule has 174 valence electrons. The summed E-state index contributed by atoms with van der Waals surface area (Å²) in [6.07, 6.45) is 10.3. The Labute approximate surface area is 200 Å². The van der Waals surface area contributed by atoms with E-state index in [-0.39, 0.29) is 23.4 Å². The summed E-state index contributed by atoms with van der Waals surface area (Å²) in [5.74, 6) is 2.42. The van der Waals surface area contributed by atoms with Crippen molar-refractivity contribution in [3.8, 4) is 0 Å². The summed E-state index contributed by atoms with van der Waals surface area (Å²) in [5, 5.41) is 7.41. The standard InChI is InChI=1S/C25H33Cl2N3O2/c26-20-6-5-18(22(27)12-20)14-29-24(32)30-8-2-4-21(30)15-28-23(31)25-7-1-3-16-9-17(13-25)11-19(25)10-16/h5-6,12,16-17,19,21H,1-4,7-11,13-15H2,(H,28,31)(H,29,32)/t16?,17-,19?,21?,25+/m0/s1. The number of urea groups is 1. The van der Waals surface area contributed by atoms with Crippen LogP contribution in [0.1, 0.15) is 63.4 Å². The Morgan fingerprint density at radius 3 is 2.75 bits per heavy atom. The van der Waals surface area contributed by atoms with Gasteiger partial charge in [0.2, 0.25) is 5.91 Å². The van der Waals surface area contributed by atoms with Crippen molar-refractivity contribution in [2.45, 2.75) is 70.4 Å². The summed E-state index contributed by atoms with van der Waals surface area (Å²) < 4.78 is 0. The van der Waals surface area contributed by atoms with Crippen LogP contribution in [0.25, 0.3) is 0 Å². The molecule has 7 heteroatoms. The van der Waals surface area contributed by atoms with E-state index in [2.05, 4.69) is 10.6 Å². The molecule has 2 N–H and O–H groups in total. The lowest BCUT2D eigenvalue weighted by molar-refractivity contribution is -0.133. The smallest absolute Gasteiger partial charge is 0.317 e. The number of hydrogen-bond acceptors (Lipinski definition) is 2. The van der Waals surface area contributed by atoms with E-state index < -0.39 is 0 Å². The number of carbonyl (C=O) groups is 2. The van der Waals surface area contributed by atoms with Crippen LogP contribution in [0.2, 0.25) is 10.0 Å². The van der Waals surface area contributed by atoms with Gasteiger partial charge in [0.15, 0.2) is 0 Å². The number of fused-ring (bicyclic) bond motifs is 2. The van der Waals surface area contributed by atoms with E-state index in [9.17, 15) is 9.59 Å². The van der Waals surface area contributed by atoms with Crippen molar-refractivity contribution in [3.63, 3.8) is 0 Å². The van der Waals surface area contributed by atoms with Gasteiger partial charge in [-0.15, -0.1) is 0 Å². The van der Waals surface area contributed by atoms with Gasteiger partial charge in [-0.1, -0.05) is 42.1 Å². The van der Waals surface area contributed by atoms with Crippen molar-refractivity contribution in [1.29, 1.82) is 0 Å². The molecule has 1 heterocycles. The minimum atomic E-state index is -0.146. The molecule has 3 unspecified atom stereocenters. The summed E-state index contributed by atoms with van der Waals surface area (Å²) in [5.41, 5.74) is 0.694. The third-order valence-electron chi connectivity index (χ3n) is 8.61. The number of nitrogens with one attached hydrogen (secondary N) is 2. The SMILES string of the molecule is O=C(NCc1ccc(Cl)cc1Cl)N1CCCC1CNC(=O)[C@@]12CCCC3CC1C[C@H](C3)C2. The minimum Gasteiger partial charge on any atom is -0.354 e. The van der Waals surface area contributed by atoms with Gasteiger partial charge in [0.1, 0.15) is 0 Å². The quantitative estimate of drug-likeness (QED) is 0.596. The van der Waals surface area contributed by atoms with Crippen molar-refractivity contribution >= 4 is 35.1 Å². The second-order valence-corrected chi connectivity index (χ2v) is 11.3. The first-order valence-corrected chi connectivity index (χ1v) is 13.0. The van der Waals surface area contributed by atoms with E-state index in [0.29, 0.717) is 29.1 Å². The molecule has 0 radical (unpaired) electrons. The highest BCUT2D eigenvalue weighted by Crippen LogP contribution is 2.60. The molecule has 1 aromatic rings. The van der Waals surface area contributed by atoms with E-state index in [1.807, 2.05) is 11.0 Å². The molecule has 5 nitrogen and oxygen atoms in total. The average Bonchev–Trinajstić information content (AvgIpc) is 3.30. The van der Waals surface area contributed by atoms with Crippen LogP contribution < -0.4 is 10.6 Å². The number of carbonyl (C=O) groups excluding carboxylic acids is 2. The molecule has 5 rings (SSSR count). The zero-order chi connectivity index (χ0) is 22.3. The maximum Gasteiger partial charge on any atom is 0.317 e. The molecule has 3 aliphatic carbocycles. The van der Waals surface area contributed by atoms with Gasteiger partial charge in [-0.3, -0.25) is 4.79 Å². The molecule has 0 aromatic heterocycles. The lowest BCUT2D eigenvalue weighted by Gasteiger charge is -2.34. The van der Waals surface area contributed by atoms with Crippen LogP contribution in [0.5, 0.6) is 0 Å². The molecule has 4 aliphatic rings. The summed E-state index contributed by atoms with van der Waals surface area (Å²) in [4.78, 5) is 28.2. The summed E-state index contributed by atoms with van der Waals surface area (Å²) in [6.45, 7) is 1.63. The van der Waals surface area contributed by atoms with Crippen molar-refractivity contribution in [3.05, 3.63) is 33.8 Å². The zero-order valence-corrected chi connectivity index (χ0v) is 20.1. The largest absolute Gasteiger partial charge is 0.354 e. The molecule has 1 saturated heterocycles. The summed E-state index contributed by atoms with van der Waals surface area (Å²) in [6, 6.07) is 5.25. The first-order chi connectivity index (χ1) is 15.4. The van der Waals surface area contributed by atoms with Crippen molar-refractivity contribution < 1.29 is 9.59 Å². The van der Waals surface area contributed by atoms with E-state index in [0.717, 1.165) is 49.6 Å². The van der Waals surface area contributed by atoms with Gasteiger partial charge in [0.05, 0.1) is 11.5 Å². The number of halogens is 2. The summed E-state index contributed by atoms with van der Waals surface area (Å²) in [7, 11) is 0. The fourth-order valence-corrected chi connectivity index (χ4v) is 7.62. The molecule has 3 saturated carbocycles. The maximum absolute atomic E-state index is 13.5. The topological polar surface area (TPSA) is 61.4 Å². The Kier molecular flexibility index (Phi) is 6.32. The van der Waals surface area contributed by atoms with E-state index in [1.54, 1.807) is 12.1 Å². The van der Waals surface area contributed by atoms with E-state index >= 15 is 0 Å². The number of nitrogens with zero attached hydrogens (tertiary/aromatic N) is 1.